The number of unbranched alkanes of at least 4 members (excludes halogenated alkanes) is 1. The van der Waals surface area contributed by atoms with E-state index in [1.165, 1.54) is 16.2 Å². The number of amides is 1. The molecule has 3 heterocycles. The number of hydrogen-bond acceptors (Lipinski definition) is 6. The molecule has 1 atom stereocenters. The molecule has 0 spiro atoms. The number of nitrogens with zero attached hydrogens (tertiary/aromatic N) is 3. The van der Waals surface area contributed by atoms with Crippen molar-refractivity contribution in [3.05, 3.63) is 45.2 Å². The molecule has 0 bridgehead atoms. The van der Waals surface area contributed by atoms with Gasteiger partial charge in [-0.2, -0.15) is 0 Å². The highest BCUT2D eigenvalue weighted by Gasteiger charge is 2.33. The van der Waals surface area contributed by atoms with Crippen LogP contribution in [0, 0.1) is 11.8 Å². The van der Waals surface area contributed by atoms with Crippen molar-refractivity contribution in [2.45, 2.75) is 53.4 Å². The van der Waals surface area contributed by atoms with E-state index in [2.05, 4.69) is 38.0 Å². The van der Waals surface area contributed by atoms with Crippen molar-refractivity contribution >= 4 is 51.7 Å². The van der Waals surface area contributed by atoms with Gasteiger partial charge in [-0.1, -0.05) is 77.0 Å². The van der Waals surface area contributed by atoms with Crippen LogP contribution < -0.4 is 10.9 Å². The lowest BCUT2D eigenvalue weighted by atomic mass is 9.99. The van der Waals surface area contributed by atoms with Gasteiger partial charge in [-0.15, -0.1) is 0 Å². The number of thioether (sulfide) groups is 1. The van der Waals surface area contributed by atoms with Crippen molar-refractivity contribution in [3.8, 4) is 0 Å². The predicted molar refractivity (Wildman–Crippen MR) is 138 cm³/mol. The SMILES string of the molecule is CCCCC(CC)CN1C(=O)/C(=C/c2c(NCC(C)C)nc3ccccn3c2=O)SC1=S. The molecule has 32 heavy (non-hydrogen) atoms. The molecule has 1 aliphatic heterocycles. The Labute approximate surface area is 199 Å². The fourth-order valence-electron chi connectivity index (χ4n) is 3.63. The number of aromatic nitrogens is 2. The number of carbonyl (C=O) groups excluding carboxylic acids is 1. The Morgan fingerprint density at radius 1 is 1.25 bits per heavy atom. The van der Waals surface area contributed by atoms with Crippen LogP contribution in [-0.4, -0.2) is 37.6 Å². The lowest BCUT2D eigenvalue weighted by molar-refractivity contribution is -0.122. The third kappa shape index (κ3) is 5.59. The second-order valence-corrected chi connectivity index (χ2v) is 10.3. The summed E-state index contributed by atoms with van der Waals surface area (Å²) in [5.41, 5.74) is 0.740. The van der Waals surface area contributed by atoms with Crippen LogP contribution in [0.5, 0.6) is 0 Å². The fraction of sp³-hybridized carbons (Fsp3) is 0.500. The third-order valence-electron chi connectivity index (χ3n) is 5.58. The quantitative estimate of drug-likeness (QED) is 0.380. The van der Waals surface area contributed by atoms with Gasteiger partial charge in [-0.25, -0.2) is 4.98 Å². The lowest BCUT2D eigenvalue weighted by Gasteiger charge is -2.21. The van der Waals surface area contributed by atoms with E-state index in [-0.39, 0.29) is 11.5 Å². The van der Waals surface area contributed by atoms with Crippen LogP contribution in [0.1, 0.15) is 58.9 Å². The standard InChI is InChI=1S/C24H32N4O2S2/c1-5-7-10-17(6-2)15-28-23(30)19(32-24(28)31)13-18-21(25-14-16(3)4)26-20-11-8-9-12-27(20)22(18)29/h8-9,11-13,16-17,25H,5-7,10,14-15H2,1-4H3/b19-13-. The van der Waals surface area contributed by atoms with E-state index >= 15 is 0 Å². The van der Waals surface area contributed by atoms with Crippen LogP contribution >= 0.6 is 24.0 Å². The Morgan fingerprint density at radius 2 is 2.03 bits per heavy atom. The van der Waals surface area contributed by atoms with Crippen LogP contribution in [0.3, 0.4) is 0 Å². The summed E-state index contributed by atoms with van der Waals surface area (Å²) in [4.78, 5) is 33.3. The van der Waals surface area contributed by atoms with Crippen molar-refractivity contribution in [2.24, 2.45) is 11.8 Å². The van der Waals surface area contributed by atoms with Gasteiger partial charge in [0, 0.05) is 19.3 Å². The highest BCUT2D eigenvalue weighted by atomic mass is 32.2. The second-order valence-electron chi connectivity index (χ2n) is 8.59. The Kier molecular flexibility index (Phi) is 8.48. The molecule has 3 rings (SSSR count). The topological polar surface area (TPSA) is 66.7 Å². The number of anilines is 1. The predicted octanol–water partition coefficient (Wildman–Crippen LogP) is 5.18. The van der Waals surface area contributed by atoms with E-state index in [0.717, 1.165) is 25.7 Å². The molecule has 2 aromatic rings. The molecule has 0 radical (unpaired) electrons. The highest BCUT2D eigenvalue weighted by Crippen LogP contribution is 2.34. The average molecular weight is 473 g/mol. The van der Waals surface area contributed by atoms with E-state index in [1.54, 1.807) is 29.3 Å². The lowest BCUT2D eigenvalue weighted by Crippen LogP contribution is -2.33. The number of fused-ring (bicyclic) bond motifs is 1. The molecular formula is C24H32N4O2S2. The molecule has 0 saturated carbocycles. The first-order chi connectivity index (χ1) is 15.3. The van der Waals surface area contributed by atoms with E-state index in [9.17, 15) is 9.59 Å². The zero-order valence-corrected chi connectivity index (χ0v) is 20.9. The molecule has 8 heteroatoms. The summed E-state index contributed by atoms with van der Waals surface area (Å²) in [7, 11) is 0. The van der Waals surface area contributed by atoms with Crippen LogP contribution in [0.4, 0.5) is 5.82 Å². The monoisotopic (exact) mass is 472 g/mol. The van der Waals surface area contributed by atoms with Crippen molar-refractivity contribution in [1.29, 1.82) is 0 Å². The number of rotatable bonds is 10. The first-order valence-electron chi connectivity index (χ1n) is 11.4. The van der Waals surface area contributed by atoms with Gasteiger partial charge in [0.05, 0.1) is 10.5 Å². The molecule has 1 amide bonds. The third-order valence-corrected chi connectivity index (χ3v) is 6.96. The first-order valence-corrected chi connectivity index (χ1v) is 12.6. The van der Waals surface area contributed by atoms with Gasteiger partial charge in [0.2, 0.25) is 0 Å². The molecule has 1 fully saturated rings. The van der Waals surface area contributed by atoms with Crippen molar-refractivity contribution in [3.63, 3.8) is 0 Å². The Hall–Kier alpha value is -2.19. The average Bonchev–Trinajstić information content (AvgIpc) is 3.04. The molecule has 172 valence electrons. The maximum absolute atomic E-state index is 13.3. The first kappa shape index (κ1) is 24.5. The van der Waals surface area contributed by atoms with Gasteiger partial charge >= 0.3 is 0 Å². The zero-order valence-electron chi connectivity index (χ0n) is 19.3. The largest absolute Gasteiger partial charge is 0.369 e. The van der Waals surface area contributed by atoms with Crippen molar-refractivity contribution in [2.75, 3.05) is 18.4 Å². The second kappa shape index (κ2) is 11.1. The fourth-order valence-corrected chi connectivity index (χ4v) is 4.89. The van der Waals surface area contributed by atoms with E-state index in [0.29, 0.717) is 51.2 Å². The molecule has 2 aromatic heterocycles. The van der Waals surface area contributed by atoms with E-state index < -0.39 is 0 Å². The van der Waals surface area contributed by atoms with E-state index in [1.807, 2.05) is 6.07 Å². The smallest absolute Gasteiger partial charge is 0.267 e. The summed E-state index contributed by atoms with van der Waals surface area (Å²) in [5.74, 6) is 1.18. The molecule has 1 unspecified atom stereocenters. The summed E-state index contributed by atoms with van der Waals surface area (Å²) < 4.78 is 2.06. The molecule has 0 aliphatic carbocycles. The summed E-state index contributed by atoms with van der Waals surface area (Å²) in [6.45, 7) is 9.82. The minimum absolute atomic E-state index is 0.123. The van der Waals surface area contributed by atoms with Crippen LogP contribution in [-0.2, 0) is 4.79 Å². The summed E-state index contributed by atoms with van der Waals surface area (Å²) >= 11 is 6.80. The number of pyridine rings is 1. The summed E-state index contributed by atoms with van der Waals surface area (Å²) in [6, 6.07) is 5.44. The Balaban J connectivity index is 1.96. The number of thiocarbonyl (C=S) groups is 1. The Bertz CT molecular complexity index is 1080. The molecule has 1 N–H and O–H groups in total. The minimum atomic E-state index is -0.207. The molecule has 1 aliphatic rings. The van der Waals surface area contributed by atoms with Crippen molar-refractivity contribution in [1.82, 2.24) is 14.3 Å². The molecular weight excluding hydrogens is 440 g/mol. The minimum Gasteiger partial charge on any atom is -0.369 e. The van der Waals surface area contributed by atoms with Crippen LogP contribution in [0.2, 0.25) is 0 Å². The molecule has 6 nitrogen and oxygen atoms in total. The number of carbonyl (C=O) groups is 1. The maximum atomic E-state index is 13.3. The highest BCUT2D eigenvalue weighted by molar-refractivity contribution is 8.26. The van der Waals surface area contributed by atoms with Crippen LogP contribution in [0.15, 0.2) is 34.1 Å². The molecule has 0 aromatic carbocycles. The summed E-state index contributed by atoms with van der Waals surface area (Å²) in [6.07, 6.45) is 7.73. The van der Waals surface area contributed by atoms with Crippen LogP contribution in [0.25, 0.3) is 11.7 Å². The van der Waals surface area contributed by atoms with Gasteiger partial charge < -0.3 is 5.32 Å². The van der Waals surface area contributed by atoms with Gasteiger partial charge in [-0.3, -0.25) is 18.9 Å². The maximum Gasteiger partial charge on any atom is 0.267 e. The zero-order chi connectivity index (χ0) is 23.3. The van der Waals surface area contributed by atoms with Crippen molar-refractivity contribution < 1.29 is 4.79 Å². The van der Waals surface area contributed by atoms with Gasteiger partial charge in [-0.05, 0) is 36.5 Å². The molecule has 1 saturated heterocycles. The number of nitrogens with one attached hydrogen (secondary N) is 1. The van der Waals surface area contributed by atoms with Gasteiger partial charge in [0.1, 0.15) is 15.8 Å². The van der Waals surface area contributed by atoms with Gasteiger partial charge in [0.25, 0.3) is 11.5 Å². The van der Waals surface area contributed by atoms with E-state index in [4.69, 9.17) is 12.2 Å². The number of hydrogen-bond donors (Lipinski definition) is 1. The summed E-state index contributed by atoms with van der Waals surface area (Å²) in [5, 5.41) is 3.29. The normalized spacial score (nSPS) is 16.5. The Morgan fingerprint density at radius 3 is 2.72 bits per heavy atom. The van der Waals surface area contributed by atoms with Gasteiger partial charge in [0.15, 0.2) is 0 Å².